The van der Waals surface area contributed by atoms with Crippen LogP contribution in [0, 0.1) is 0 Å². The van der Waals surface area contributed by atoms with Gasteiger partial charge in [0.25, 0.3) is 0 Å². The van der Waals surface area contributed by atoms with Crippen molar-refractivity contribution in [3.05, 3.63) is 11.6 Å². The highest BCUT2D eigenvalue weighted by molar-refractivity contribution is 7.19. The van der Waals surface area contributed by atoms with Crippen LogP contribution < -0.4 is 11.1 Å². The largest absolute Gasteiger partial charge is 0.374 e. The van der Waals surface area contributed by atoms with E-state index in [0.717, 1.165) is 5.13 Å². The Morgan fingerprint density at radius 3 is 2.83 bits per heavy atom. The fraction of sp³-hybridized carbons (Fsp3) is 0. The van der Waals surface area contributed by atoms with Gasteiger partial charge in [0.15, 0.2) is 5.13 Å². The molecule has 5 nitrogen and oxygen atoms in total. The summed E-state index contributed by atoms with van der Waals surface area (Å²) in [4.78, 5) is 4.03. The smallest absolute Gasteiger partial charge is 0.213 e. The topological polar surface area (TPSA) is 76.7 Å². The summed E-state index contributed by atoms with van der Waals surface area (Å²) in [7, 11) is 0. The quantitative estimate of drug-likeness (QED) is 0.762. The van der Waals surface area contributed by atoms with E-state index in [-0.39, 0.29) is 0 Å². The molecule has 0 radical (unpaired) electrons. The van der Waals surface area contributed by atoms with Gasteiger partial charge in [0.2, 0.25) is 10.3 Å². The number of nitrogens with zero attached hydrogens (tertiary/aromatic N) is 3. The molecule has 0 fully saturated rings. The number of nitrogen functional groups attached to an aromatic ring is 1. The van der Waals surface area contributed by atoms with E-state index in [4.69, 9.17) is 5.73 Å². The van der Waals surface area contributed by atoms with Crippen LogP contribution in [0.1, 0.15) is 0 Å². The van der Waals surface area contributed by atoms with E-state index in [2.05, 4.69) is 20.5 Å². The highest BCUT2D eigenvalue weighted by Crippen LogP contribution is 2.22. The van der Waals surface area contributed by atoms with Crippen LogP contribution in [0.5, 0.6) is 0 Å². The summed E-state index contributed by atoms with van der Waals surface area (Å²) in [5.41, 5.74) is 5.40. The van der Waals surface area contributed by atoms with Gasteiger partial charge < -0.3 is 11.1 Å². The van der Waals surface area contributed by atoms with Gasteiger partial charge in [-0.1, -0.05) is 11.3 Å². The molecule has 0 aliphatic carbocycles. The molecular weight excluding hydrogens is 194 g/mol. The van der Waals surface area contributed by atoms with Crippen molar-refractivity contribution in [2.24, 2.45) is 0 Å². The highest BCUT2D eigenvalue weighted by Gasteiger charge is 2.01. The summed E-state index contributed by atoms with van der Waals surface area (Å²) >= 11 is 2.80. The molecular formula is C5H5N5S2. The molecule has 0 saturated carbocycles. The summed E-state index contributed by atoms with van der Waals surface area (Å²) in [5.74, 6) is 0. The maximum atomic E-state index is 5.40. The average molecular weight is 199 g/mol. The van der Waals surface area contributed by atoms with Crippen molar-refractivity contribution < 1.29 is 0 Å². The number of nitrogens with two attached hydrogens (primary N) is 1. The minimum Gasteiger partial charge on any atom is -0.374 e. The highest BCUT2D eigenvalue weighted by atomic mass is 32.1. The molecule has 0 bridgehead atoms. The minimum atomic E-state index is 0.453. The summed E-state index contributed by atoms with van der Waals surface area (Å²) in [6.45, 7) is 0. The number of thiazole rings is 1. The van der Waals surface area contributed by atoms with Crippen LogP contribution in [0.2, 0.25) is 0 Å². The molecule has 7 heteroatoms. The number of hydrogen-bond acceptors (Lipinski definition) is 7. The van der Waals surface area contributed by atoms with Crippen LogP contribution in [0.4, 0.5) is 15.4 Å². The van der Waals surface area contributed by atoms with Crippen LogP contribution in [-0.4, -0.2) is 15.2 Å². The van der Waals surface area contributed by atoms with Gasteiger partial charge >= 0.3 is 0 Å². The third kappa shape index (κ3) is 1.51. The number of aromatic nitrogens is 3. The average Bonchev–Trinajstić information content (AvgIpc) is 2.63. The zero-order chi connectivity index (χ0) is 8.39. The fourth-order valence-electron chi connectivity index (χ4n) is 0.662. The zero-order valence-corrected chi connectivity index (χ0v) is 7.52. The lowest BCUT2D eigenvalue weighted by Gasteiger charge is -1.91. The van der Waals surface area contributed by atoms with Gasteiger partial charge in [-0.05, 0) is 0 Å². The second-order valence-electron chi connectivity index (χ2n) is 1.91. The first-order valence-electron chi connectivity index (χ1n) is 3.10. The lowest BCUT2D eigenvalue weighted by atomic mass is 11.0. The Bertz CT molecular complexity index is 354. The number of hydrogen-bond donors (Lipinski definition) is 2. The van der Waals surface area contributed by atoms with E-state index < -0.39 is 0 Å². The summed E-state index contributed by atoms with van der Waals surface area (Å²) in [5, 5.41) is 14.2. The Hall–Kier alpha value is -1.21. The minimum absolute atomic E-state index is 0.453. The van der Waals surface area contributed by atoms with Crippen molar-refractivity contribution in [2.75, 3.05) is 11.1 Å². The summed E-state index contributed by atoms with van der Waals surface area (Å²) in [6.07, 6.45) is 1.72. The van der Waals surface area contributed by atoms with Crippen molar-refractivity contribution in [1.29, 1.82) is 0 Å². The van der Waals surface area contributed by atoms with Gasteiger partial charge in [-0.15, -0.1) is 21.5 Å². The maximum Gasteiger partial charge on any atom is 0.213 e. The lowest BCUT2D eigenvalue weighted by molar-refractivity contribution is 1.10. The van der Waals surface area contributed by atoms with Gasteiger partial charge in [-0.2, -0.15) is 0 Å². The predicted molar refractivity (Wildman–Crippen MR) is 49.7 cm³/mol. The molecule has 12 heavy (non-hydrogen) atoms. The molecule has 2 aromatic rings. The molecule has 3 N–H and O–H groups in total. The number of rotatable bonds is 2. The van der Waals surface area contributed by atoms with Crippen molar-refractivity contribution in [2.45, 2.75) is 0 Å². The predicted octanol–water partition coefficient (Wildman–Crippen LogP) is 1.32. The zero-order valence-electron chi connectivity index (χ0n) is 5.89. The van der Waals surface area contributed by atoms with Crippen LogP contribution in [0.15, 0.2) is 11.6 Å². The molecule has 0 aliphatic rings. The molecule has 0 atom stereocenters. The standard InChI is InChI=1S/C5H5N5S2/c6-3-9-10-5(12-3)8-4-7-1-2-11-4/h1-2H,(H2,6,9)(H,7,8,10). The molecule has 0 spiro atoms. The monoisotopic (exact) mass is 199 g/mol. The van der Waals surface area contributed by atoms with Crippen molar-refractivity contribution in [3.63, 3.8) is 0 Å². The van der Waals surface area contributed by atoms with Crippen molar-refractivity contribution >= 4 is 38.1 Å². The molecule has 0 amide bonds. The number of nitrogens with one attached hydrogen (secondary N) is 1. The molecule has 0 aliphatic heterocycles. The molecule has 2 heterocycles. The van der Waals surface area contributed by atoms with Gasteiger partial charge in [-0.25, -0.2) is 4.98 Å². The molecule has 62 valence electrons. The Labute approximate surface area is 76.3 Å². The van der Waals surface area contributed by atoms with Crippen LogP contribution >= 0.6 is 22.7 Å². The second-order valence-corrected chi connectivity index (χ2v) is 3.81. The fourth-order valence-corrected chi connectivity index (χ4v) is 1.76. The van der Waals surface area contributed by atoms with Crippen molar-refractivity contribution in [1.82, 2.24) is 15.2 Å². The SMILES string of the molecule is Nc1nnc(Nc2nccs2)s1. The summed E-state index contributed by atoms with van der Waals surface area (Å²) in [6, 6.07) is 0. The van der Waals surface area contributed by atoms with Gasteiger partial charge in [-0.3, -0.25) is 0 Å². The van der Waals surface area contributed by atoms with E-state index in [9.17, 15) is 0 Å². The first-order chi connectivity index (χ1) is 5.84. The van der Waals surface area contributed by atoms with Gasteiger partial charge in [0, 0.05) is 11.6 Å². The van der Waals surface area contributed by atoms with Gasteiger partial charge in [0.1, 0.15) is 0 Å². The lowest BCUT2D eigenvalue weighted by Crippen LogP contribution is -1.87. The molecule has 0 aromatic carbocycles. The molecule has 0 unspecified atom stereocenters. The van der Waals surface area contributed by atoms with E-state index in [1.54, 1.807) is 6.20 Å². The van der Waals surface area contributed by atoms with Crippen LogP contribution in [-0.2, 0) is 0 Å². The van der Waals surface area contributed by atoms with Crippen molar-refractivity contribution in [3.8, 4) is 0 Å². The maximum absolute atomic E-state index is 5.40. The summed E-state index contributed by atoms with van der Waals surface area (Å²) < 4.78 is 0. The van der Waals surface area contributed by atoms with E-state index in [1.807, 2.05) is 5.38 Å². The Morgan fingerprint density at radius 2 is 2.25 bits per heavy atom. The van der Waals surface area contributed by atoms with E-state index in [1.165, 1.54) is 22.7 Å². The normalized spacial score (nSPS) is 10.0. The van der Waals surface area contributed by atoms with Crippen LogP contribution in [0.3, 0.4) is 0 Å². The van der Waals surface area contributed by atoms with E-state index in [0.29, 0.717) is 10.3 Å². The number of anilines is 3. The Kier molecular flexibility index (Phi) is 1.88. The Morgan fingerprint density at radius 1 is 1.33 bits per heavy atom. The molecule has 0 saturated heterocycles. The Balaban J connectivity index is 2.14. The third-order valence-electron chi connectivity index (χ3n) is 1.09. The molecule has 2 aromatic heterocycles. The third-order valence-corrected chi connectivity index (χ3v) is 2.44. The first kappa shape index (κ1) is 7.44. The second kappa shape index (κ2) is 3.03. The first-order valence-corrected chi connectivity index (χ1v) is 4.80. The van der Waals surface area contributed by atoms with Crippen LogP contribution in [0.25, 0.3) is 0 Å². The van der Waals surface area contributed by atoms with E-state index >= 15 is 0 Å². The molecule has 2 rings (SSSR count). The van der Waals surface area contributed by atoms with Gasteiger partial charge in [0.05, 0.1) is 0 Å².